The molecule has 0 aliphatic heterocycles. The lowest BCUT2D eigenvalue weighted by Crippen LogP contribution is -2.46. The van der Waals surface area contributed by atoms with Crippen LogP contribution in [-0.2, 0) is 5.41 Å². The Balaban J connectivity index is 0.00000612. The Morgan fingerprint density at radius 1 is 0.543 bits per heavy atom. The van der Waals surface area contributed by atoms with Crippen LogP contribution in [0.3, 0.4) is 0 Å². The highest BCUT2D eigenvalue weighted by Crippen LogP contribution is 2.39. The molecule has 0 spiro atoms. The summed E-state index contributed by atoms with van der Waals surface area (Å²) in [6, 6.07) is 22.0. The predicted octanol–water partition coefficient (Wildman–Crippen LogP) is 10.4. The van der Waals surface area contributed by atoms with Gasteiger partial charge in [-0.3, -0.25) is 0 Å². The summed E-state index contributed by atoms with van der Waals surface area (Å²) in [5, 5.41) is 0. The van der Waals surface area contributed by atoms with Gasteiger partial charge in [0.05, 0.1) is 0 Å². The molecule has 0 saturated carbocycles. The molecule has 0 aromatic heterocycles. The van der Waals surface area contributed by atoms with Gasteiger partial charge >= 0.3 is 0 Å². The third-order valence-corrected chi connectivity index (χ3v) is 7.89. The van der Waals surface area contributed by atoms with Crippen molar-refractivity contribution >= 4 is 12.4 Å². The quantitative estimate of drug-likeness (QED) is 0.180. The number of unbranched alkanes of at least 4 members (excludes halogenated alkanes) is 14. The molecular weight excluding hydrogens is 446 g/mol. The van der Waals surface area contributed by atoms with Gasteiger partial charge in [0, 0.05) is 11.5 Å². The first-order valence-corrected chi connectivity index (χ1v) is 14.6. The van der Waals surface area contributed by atoms with E-state index in [4.69, 9.17) is 5.73 Å². The summed E-state index contributed by atoms with van der Waals surface area (Å²) in [6.07, 6.45) is 23.2. The van der Waals surface area contributed by atoms with Gasteiger partial charge in [-0.15, -0.1) is 12.4 Å². The number of benzene rings is 2. The average Bonchev–Trinajstić information content (AvgIpc) is 2.88. The Morgan fingerprint density at radius 3 is 1.23 bits per heavy atom. The third kappa shape index (κ3) is 11.1. The molecule has 0 radical (unpaired) electrons. The summed E-state index contributed by atoms with van der Waals surface area (Å²) in [5.41, 5.74) is 9.60. The van der Waals surface area contributed by atoms with E-state index in [0.717, 1.165) is 12.8 Å². The lowest BCUT2D eigenvalue weighted by atomic mass is 9.66. The number of rotatable bonds is 20. The zero-order valence-corrected chi connectivity index (χ0v) is 23.7. The Morgan fingerprint density at radius 2 is 0.886 bits per heavy atom. The minimum atomic E-state index is -0.0987. The predicted molar refractivity (Wildman–Crippen MR) is 159 cm³/mol. The molecule has 2 aromatic carbocycles. The van der Waals surface area contributed by atoms with Gasteiger partial charge in [0.1, 0.15) is 0 Å². The van der Waals surface area contributed by atoms with Crippen LogP contribution in [0.4, 0.5) is 0 Å². The summed E-state index contributed by atoms with van der Waals surface area (Å²) in [7, 11) is 0. The highest BCUT2D eigenvalue weighted by molar-refractivity contribution is 5.85. The van der Waals surface area contributed by atoms with E-state index in [1.54, 1.807) is 0 Å². The first-order valence-electron chi connectivity index (χ1n) is 14.6. The van der Waals surface area contributed by atoms with Gasteiger partial charge in [-0.05, 0) is 24.0 Å². The van der Waals surface area contributed by atoms with E-state index in [1.807, 2.05) is 0 Å². The second-order valence-electron chi connectivity index (χ2n) is 10.4. The largest absolute Gasteiger partial charge is 0.327 e. The molecule has 0 heterocycles. The topological polar surface area (TPSA) is 26.0 Å². The smallest absolute Gasteiger partial charge is 0.0351 e. The second-order valence-corrected chi connectivity index (χ2v) is 10.4. The zero-order chi connectivity index (χ0) is 24.3. The minimum absolute atomic E-state index is 0. The molecule has 1 unspecified atom stereocenters. The normalized spacial score (nSPS) is 12.3. The monoisotopic (exact) mass is 499 g/mol. The van der Waals surface area contributed by atoms with Crippen molar-refractivity contribution in [2.24, 2.45) is 5.73 Å². The molecule has 35 heavy (non-hydrogen) atoms. The minimum Gasteiger partial charge on any atom is -0.327 e. The van der Waals surface area contributed by atoms with E-state index in [0.29, 0.717) is 0 Å². The van der Waals surface area contributed by atoms with E-state index >= 15 is 0 Å². The molecule has 198 valence electrons. The van der Waals surface area contributed by atoms with E-state index in [-0.39, 0.29) is 23.9 Å². The van der Waals surface area contributed by atoms with Crippen LogP contribution in [-0.4, -0.2) is 6.04 Å². The zero-order valence-electron chi connectivity index (χ0n) is 22.9. The first kappa shape index (κ1) is 31.7. The fourth-order valence-corrected chi connectivity index (χ4v) is 5.72. The molecule has 1 nitrogen and oxygen atoms in total. The molecule has 0 saturated heterocycles. The Kier molecular flexibility index (Phi) is 18.0. The van der Waals surface area contributed by atoms with Gasteiger partial charge in [-0.1, -0.05) is 171 Å². The van der Waals surface area contributed by atoms with Gasteiger partial charge < -0.3 is 5.73 Å². The van der Waals surface area contributed by atoms with E-state index in [1.165, 1.54) is 107 Å². The van der Waals surface area contributed by atoms with Crippen LogP contribution in [0.2, 0.25) is 0 Å². The molecule has 1 atom stereocenters. The Hall–Kier alpha value is -1.31. The van der Waals surface area contributed by atoms with Crippen molar-refractivity contribution in [3.05, 3.63) is 71.8 Å². The van der Waals surface area contributed by atoms with Gasteiger partial charge in [0.2, 0.25) is 0 Å². The number of hydrogen-bond acceptors (Lipinski definition) is 1. The van der Waals surface area contributed by atoms with E-state index < -0.39 is 0 Å². The summed E-state index contributed by atoms with van der Waals surface area (Å²) < 4.78 is 0. The maximum Gasteiger partial charge on any atom is 0.0351 e. The van der Waals surface area contributed by atoms with Gasteiger partial charge in [-0.2, -0.15) is 0 Å². The summed E-state index contributed by atoms with van der Waals surface area (Å²) in [6.45, 7) is 4.59. The lowest BCUT2D eigenvalue weighted by Gasteiger charge is -2.40. The molecule has 2 N–H and O–H groups in total. The van der Waals surface area contributed by atoms with Crippen LogP contribution in [0, 0.1) is 0 Å². The molecule has 0 fully saturated rings. The SMILES string of the molecule is CCCCCCCCCCCCCCCCCC(N)C(CC)(c1ccccc1)c1ccccc1.Cl. The van der Waals surface area contributed by atoms with E-state index in [9.17, 15) is 0 Å². The van der Waals surface area contributed by atoms with Gasteiger partial charge in [0.25, 0.3) is 0 Å². The highest BCUT2D eigenvalue weighted by atomic mass is 35.5. The van der Waals surface area contributed by atoms with Crippen molar-refractivity contribution in [2.45, 2.75) is 134 Å². The average molecular weight is 500 g/mol. The van der Waals surface area contributed by atoms with Crippen molar-refractivity contribution < 1.29 is 0 Å². The maximum absolute atomic E-state index is 6.98. The number of hydrogen-bond donors (Lipinski definition) is 1. The van der Waals surface area contributed by atoms with Crippen LogP contribution in [0.1, 0.15) is 134 Å². The molecule has 0 amide bonds. The standard InChI is InChI=1S/C33H53N.ClH/c1-3-5-6-7-8-9-10-11-12-13-14-15-16-17-24-29-32(34)33(4-2,30-25-20-18-21-26-30)31-27-22-19-23-28-31;/h18-23,25-28,32H,3-17,24,29,34H2,1-2H3;1H. The van der Waals surface area contributed by atoms with Crippen LogP contribution >= 0.6 is 12.4 Å². The molecule has 0 aliphatic carbocycles. The molecule has 0 bridgehead atoms. The van der Waals surface area contributed by atoms with Crippen molar-refractivity contribution in [1.29, 1.82) is 0 Å². The van der Waals surface area contributed by atoms with Crippen molar-refractivity contribution in [3.63, 3.8) is 0 Å². The van der Waals surface area contributed by atoms with Gasteiger partial charge in [-0.25, -0.2) is 0 Å². The fraction of sp³-hybridized carbons (Fsp3) is 0.636. The van der Waals surface area contributed by atoms with Crippen molar-refractivity contribution in [1.82, 2.24) is 0 Å². The van der Waals surface area contributed by atoms with Crippen LogP contribution < -0.4 is 5.73 Å². The molecule has 2 rings (SSSR count). The second kappa shape index (κ2) is 19.8. The van der Waals surface area contributed by atoms with E-state index in [2.05, 4.69) is 74.5 Å². The van der Waals surface area contributed by atoms with Crippen LogP contribution in [0.5, 0.6) is 0 Å². The van der Waals surface area contributed by atoms with Crippen molar-refractivity contribution in [2.75, 3.05) is 0 Å². The molecule has 0 aliphatic rings. The fourth-order valence-electron chi connectivity index (χ4n) is 5.72. The summed E-state index contributed by atoms with van der Waals surface area (Å²) >= 11 is 0. The highest BCUT2D eigenvalue weighted by Gasteiger charge is 2.38. The molecule has 2 aromatic rings. The number of nitrogens with two attached hydrogens (primary N) is 1. The maximum atomic E-state index is 6.98. The first-order chi connectivity index (χ1) is 16.8. The Bertz CT molecular complexity index is 675. The van der Waals surface area contributed by atoms with Crippen molar-refractivity contribution in [3.8, 4) is 0 Å². The number of halogens is 1. The van der Waals surface area contributed by atoms with Crippen LogP contribution in [0.15, 0.2) is 60.7 Å². The summed E-state index contributed by atoms with van der Waals surface area (Å²) in [5.74, 6) is 0. The van der Waals surface area contributed by atoms with Crippen LogP contribution in [0.25, 0.3) is 0 Å². The molecule has 2 heteroatoms. The van der Waals surface area contributed by atoms with Gasteiger partial charge in [0.15, 0.2) is 0 Å². The Labute approximate surface area is 224 Å². The third-order valence-electron chi connectivity index (χ3n) is 7.89. The summed E-state index contributed by atoms with van der Waals surface area (Å²) in [4.78, 5) is 0. The lowest BCUT2D eigenvalue weighted by molar-refractivity contribution is 0.363. The molecular formula is C33H54ClN.